The summed E-state index contributed by atoms with van der Waals surface area (Å²) in [6.45, 7) is 7.11. The van der Waals surface area contributed by atoms with Gasteiger partial charge >= 0.3 is 0 Å². The number of nitrogens with zero attached hydrogens (tertiary/aromatic N) is 2. The SMILES string of the molecule is CC(C)(C)NCCc1ncc(-c2ccccc2[N+](=O)[O-])[nH]1. The number of nitro groups is 1. The Hall–Kier alpha value is -2.21. The summed E-state index contributed by atoms with van der Waals surface area (Å²) in [7, 11) is 0. The molecule has 6 heteroatoms. The van der Waals surface area contributed by atoms with Crippen LogP contribution in [0.2, 0.25) is 0 Å². The summed E-state index contributed by atoms with van der Waals surface area (Å²) in [5.74, 6) is 0.819. The maximum Gasteiger partial charge on any atom is 0.278 e. The molecule has 0 saturated carbocycles. The highest BCUT2D eigenvalue weighted by atomic mass is 16.6. The minimum Gasteiger partial charge on any atom is -0.342 e. The van der Waals surface area contributed by atoms with E-state index >= 15 is 0 Å². The van der Waals surface area contributed by atoms with Crippen LogP contribution in [0, 0.1) is 10.1 Å². The highest BCUT2D eigenvalue weighted by Gasteiger charge is 2.16. The fraction of sp³-hybridized carbons (Fsp3) is 0.400. The summed E-state index contributed by atoms with van der Waals surface area (Å²) in [4.78, 5) is 18.1. The van der Waals surface area contributed by atoms with Crippen molar-refractivity contribution in [1.29, 1.82) is 0 Å². The largest absolute Gasteiger partial charge is 0.342 e. The lowest BCUT2D eigenvalue weighted by Gasteiger charge is -2.19. The molecular formula is C15H20N4O2. The van der Waals surface area contributed by atoms with Gasteiger partial charge in [0.25, 0.3) is 5.69 Å². The second-order valence-corrected chi connectivity index (χ2v) is 5.94. The predicted molar refractivity (Wildman–Crippen MR) is 82.1 cm³/mol. The molecular weight excluding hydrogens is 268 g/mol. The van der Waals surface area contributed by atoms with E-state index in [0.29, 0.717) is 11.3 Å². The van der Waals surface area contributed by atoms with Gasteiger partial charge in [-0.3, -0.25) is 10.1 Å². The first-order valence-electron chi connectivity index (χ1n) is 6.89. The van der Waals surface area contributed by atoms with Gasteiger partial charge in [-0.05, 0) is 26.8 Å². The number of aromatic amines is 1. The Bertz CT molecular complexity index is 629. The lowest BCUT2D eigenvalue weighted by molar-refractivity contribution is -0.384. The van der Waals surface area contributed by atoms with Crippen molar-refractivity contribution in [2.45, 2.75) is 32.7 Å². The molecule has 0 saturated heterocycles. The second-order valence-electron chi connectivity index (χ2n) is 5.94. The van der Waals surface area contributed by atoms with Gasteiger partial charge in [0, 0.05) is 24.6 Å². The van der Waals surface area contributed by atoms with Crippen LogP contribution >= 0.6 is 0 Å². The summed E-state index contributed by atoms with van der Waals surface area (Å²) in [6.07, 6.45) is 2.40. The van der Waals surface area contributed by atoms with Crippen molar-refractivity contribution < 1.29 is 4.92 Å². The number of benzene rings is 1. The summed E-state index contributed by atoms with van der Waals surface area (Å²) < 4.78 is 0. The van der Waals surface area contributed by atoms with Crippen LogP contribution in [0.3, 0.4) is 0 Å². The van der Waals surface area contributed by atoms with Gasteiger partial charge in [-0.15, -0.1) is 0 Å². The van der Waals surface area contributed by atoms with Crippen LogP contribution in [0.5, 0.6) is 0 Å². The van der Waals surface area contributed by atoms with Crippen molar-refractivity contribution in [3.8, 4) is 11.3 Å². The van der Waals surface area contributed by atoms with Crippen molar-refractivity contribution in [2.24, 2.45) is 0 Å². The van der Waals surface area contributed by atoms with Crippen LogP contribution in [0.15, 0.2) is 30.5 Å². The maximum absolute atomic E-state index is 11.0. The third kappa shape index (κ3) is 4.13. The molecule has 0 aliphatic heterocycles. The Morgan fingerprint density at radius 3 is 2.71 bits per heavy atom. The van der Waals surface area contributed by atoms with Gasteiger partial charge in [-0.25, -0.2) is 4.98 Å². The highest BCUT2D eigenvalue weighted by Crippen LogP contribution is 2.27. The molecule has 0 aliphatic rings. The van der Waals surface area contributed by atoms with E-state index in [0.717, 1.165) is 18.8 Å². The molecule has 21 heavy (non-hydrogen) atoms. The molecule has 0 fully saturated rings. The van der Waals surface area contributed by atoms with E-state index in [2.05, 4.69) is 36.1 Å². The topological polar surface area (TPSA) is 83.8 Å². The fourth-order valence-electron chi connectivity index (χ4n) is 2.04. The normalized spacial score (nSPS) is 11.6. The van der Waals surface area contributed by atoms with E-state index in [9.17, 15) is 10.1 Å². The third-order valence-corrected chi connectivity index (χ3v) is 3.04. The average Bonchev–Trinajstić information content (AvgIpc) is 2.86. The molecule has 0 aliphatic carbocycles. The molecule has 0 amide bonds. The van der Waals surface area contributed by atoms with Gasteiger partial charge in [0.1, 0.15) is 5.82 Å². The molecule has 2 rings (SSSR count). The Morgan fingerprint density at radius 1 is 1.33 bits per heavy atom. The van der Waals surface area contributed by atoms with Gasteiger partial charge in [0.05, 0.1) is 22.4 Å². The molecule has 2 aromatic rings. The minimum absolute atomic E-state index is 0.0631. The lowest BCUT2D eigenvalue weighted by atomic mass is 10.1. The number of para-hydroxylation sites is 1. The first kappa shape index (κ1) is 15.2. The predicted octanol–water partition coefficient (Wildman–Crippen LogP) is 2.92. The number of hydrogen-bond acceptors (Lipinski definition) is 4. The first-order valence-corrected chi connectivity index (χ1v) is 6.89. The number of H-pyrrole nitrogens is 1. The smallest absolute Gasteiger partial charge is 0.278 e. The number of rotatable bonds is 5. The zero-order chi connectivity index (χ0) is 15.5. The monoisotopic (exact) mass is 288 g/mol. The van der Waals surface area contributed by atoms with Crippen LogP contribution in [-0.4, -0.2) is 27.0 Å². The maximum atomic E-state index is 11.0. The van der Waals surface area contributed by atoms with Crippen LogP contribution in [0.1, 0.15) is 26.6 Å². The van der Waals surface area contributed by atoms with E-state index in [1.165, 1.54) is 6.07 Å². The molecule has 1 heterocycles. The summed E-state index contributed by atoms with van der Waals surface area (Å²) in [5, 5.41) is 14.4. The minimum atomic E-state index is -0.378. The lowest BCUT2D eigenvalue weighted by Crippen LogP contribution is -2.37. The molecule has 0 bridgehead atoms. The second kappa shape index (κ2) is 6.05. The fourth-order valence-corrected chi connectivity index (χ4v) is 2.04. The number of aromatic nitrogens is 2. The van der Waals surface area contributed by atoms with Crippen LogP contribution in [-0.2, 0) is 6.42 Å². The van der Waals surface area contributed by atoms with E-state index in [1.807, 2.05) is 0 Å². The molecule has 0 spiro atoms. The Balaban J connectivity index is 2.12. The highest BCUT2D eigenvalue weighted by molar-refractivity contribution is 5.70. The van der Waals surface area contributed by atoms with E-state index in [-0.39, 0.29) is 16.1 Å². The summed E-state index contributed by atoms with van der Waals surface area (Å²) in [6, 6.07) is 6.66. The van der Waals surface area contributed by atoms with Crippen molar-refractivity contribution >= 4 is 5.69 Å². The molecule has 1 aromatic heterocycles. The summed E-state index contributed by atoms with van der Waals surface area (Å²) >= 11 is 0. The standard InChI is InChI=1S/C15H20N4O2/c1-15(2,3)17-9-8-14-16-10-12(18-14)11-6-4-5-7-13(11)19(20)21/h4-7,10,17H,8-9H2,1-3H3,(H,16,18). The molecule has 0 atom stereocenters. The van der Waals surface area contributed by atoms with Crippen molar-refractivity contribution in [3.63, 3.8) is 0 Å². The van der Waals surface area contributed by atoms with Crippen molar-refractivity contribution in [1.82, 2.24) is 15.3 Å². The first-order chi connectivity index (χ1) is 9.87. The van der Waals surface area contributed by atoms with E-state index < -0.39 is 0 Å². The van der Waals surface area contributed by atoms with Crippen LogP contribution in [0.4, 0.5) is 5.69 Å². The van der Waals surface area contributed by atoms with Crippen molar-refractivity contribution in [3.05, 3.63) is 46.4 Å². The molecule has 112 valence electrons. The molecule has 0 radical (unpaired) electrons. The number of hydrogen-bond donors (Lipinski definition) is 2. The number of nitro benzene ring substituents is 1. The van der Waals surface area contributed by atoms with Crippen molar-refractivity contribution in [2.75, 3.05) is 6.54 Å². The van der Waals surface area contributed by atoms with Gasteiger partial charge in [-0.1, -0.05) is 12.1 Å². The Kier molecular flexibility index (Phi) is 4.37. The quantitative estimate of drug-likeness (QED) is 0.654. The molecule has 1 aromatic carbocycles. The summed E-state index contributed by atoms with van der Waals surface area (Å²) in [5.41, 5.74) is 1.38. The van der Waals surface area contributed by atoms with Gasteiger partial charge in [0.15, 0.2) is 0 Å². The average molecular weight is 288 g/mol. The third-order valence-electron chi connectivity index (χ3n) is 3.04. The zero-order valence-corrected chi connectivity index (χ0v) is 12.5. The number of imidazole rings is 1. The zero-order valence-electron chi connectivity index (χ0n) is 12.5. The van der Waals surface area contributed by atoms with Gasteiger partial charge in [-0.2, -0.15) is 0 Å². The number of nitrogens with one attached hydrogen (secondary N) is 2. The van der Waals surface area contributed by atoms with E-state index in [1.54, 1.807) is 24.4 Å². The molecule has 0 unspecified atom stereocenters. The van der Waals surface area contributed by atoms with Gasteiger partial charge in [0.2, 0.25) is 0 Å². The Morgan fingerprint density at radius 2 is 2.05 bits per heavy atom. The van der Waals surface area contributed by atoms with Gasteiger partial charge < -0.3 is 10.3 Å². The van der Waals surface area contributed by atoms with Crippen LogP contribution in [0.25, 0.3) is 11.3 Å². The molecule has 2 N–H and O–H groups in total. The van der Waals surface area contributed by atoms with Crippen LogP contribution < -0.4 is 5.32 Å². The van der Waals surface area contributed by atoms with E-state index in [4.69, 9.17) is 0 Å². The molecule has 6 nitrogen and oxygen atoms in total. The Labute approximate surface area is 123 Å².